The minimum atomic E-state index is -1.15. The van der Waals surface area contributed by atoms with Crippen LogP contribution in [-0.2, 0) is 19.7 Å². The molecule has 0 radical (unpaired) electrons. The maximum absolute atomic E-state index is 12.1. The second-order valence-corrected chi connectivity index (χ2v) is 5.58. The van der Waals surface area contributed by atoms with E-state index in [0.717, 1.165) is 12.8 Å². The van der Waals surface area contributed by atoms with E-state index >= 15 is 0 Å². The van der Waals surface area contributed by atoms with Crippen LogP contribution >= 0.6 is 0 Å². The van der Waals surface area contributed by atoms with Crippen LogP contribution in [0.15, 0.2) is 30.3 Å². The Morgan fingerprint density at radius 2 is 2.05 bits per heavy atom. The summed E-state index contributed by atoms with van der Waals surface area (Å²) in [5.74, 6) is -1.18. The molecule has 2 atom stereocenters. The van der Waals surface area contributed by atoms with Crippen LogP contribution < -0.4 is 5.32 Å². The Hall–Kier alpha value is -1.88. The minimum Gasteiger partial charge on any atom is -0.481 e. The van der Waals surface area contributed by atoms with Crippen LogP contribution in [-0.4, -0.2) is 36.2 Å². The average Bonchev–Trinajstić information content (AvgIpc) is 2.53. The van der Waals surface area contributed by atoms with E-state index in [1.165, 1.54) is 0 Å². The molecule has 0 bridgehead atoms. The zero-order valence-electron chi connectivity index (χ0n) is 12.2. The van der Waals surface area contributed by atoms with Gasteiger partial charge in [-0.15, -0.1) is 0 Å². The molecule has 1 amide bonds. The van der Waals surface area contributed by atoms with Crippen molar-refractivity contribution >= 4 is 11.9 Å². The van der Waals surface area contributed by atoms with Crippen molar-refractivity contribution in [2.45, 2.75) is 37.7 Å². The van der Waals surface area contributed by atoms with E-state index < -0.39 is 17.5 Å². The molecule has 1 aliphatic heterocycles. The molecule has 0 aliphatic carbocycles. The quantitative estimate of drug-likeness (QED) is 0.866. The molecule has 5 heteroatoms. The van der Waals surface area contributed by atoms with Crippen LogP contribution in [0, 0.1) is 0 Å². The Labute approximate surface area is 124 Å². The van der Waals surface area contributed by atoms with Crippen molar-refractivity contribution in [2.75, 3.05) is 13.2 Å². The molecule has 2 unspecified atom stereocenters. The second kappa shape index (κ2) is 6.72. The van der Waals surface area contributed by atoms with Gasteiger partial charge in [0.25, 0.3) is 0 Å². The first-order chi connectivity index (χ1) is 10.0. The lowest BCUT2D eigenvalue weighted by Gasteiger charge is -2.28. The van der Waals surface area contributed by atoms with Gasteiger partial charge in [0.2, 0.25) is 5.91 Å². The van der Waals surface area contributed by atoms with Gasteiger partial charge in [-0.05, 0) is 31.7 Å². The molecule has 2 rings (SSSR count). The zero-order valence-corrected chi connectivity index (χ0v) is 12.2. The summed E-state index contributed by atoms with van der Waals surface area (Å²) in [5.41, 5.74) is -0.478. The molecule has 0 saturated carbocycles. The predicted molar refractivity (Wildman–Crippen MR) is 78.0 cm³/mol. The molecule has 1 aliphatic rings. The van der Waals surface area contributed by atoms with Gasteiger partial charge in [-0.2, -0.15) is 0 Å². The number of carboxylic acids is 1. The summed E-state index contributed by atoms with van der Waals surface area (Å²) in [7, 11) is 0. The molecule has 5 nitrogen and oxygen atoms in total. The third-order valence-electron chi connectivity index (χ3n) is 3.97. The normalized spacial score (nSPS) is 21.3. The Morgan fingerprint density at radius 3 is 2.62 bits per heavy atom. The van der Waals surface area contributed by atoms with E-state index in [1.807, 2.05) is 6.07 Å². The summed E-state index contributed by atoms with van der Waals surface area (Å²) in [6.07, 6.45) is 2.18. The monoisotopic (exact) mass is 291 g/mol. The van der Waals surface area contributed by atoms with Gasteiger partial charge in [-0.3, -0.25) is 9.59 Å². The van der Waals surface area contributed by atoms with Crippen molar-refractivity contribution < 1.29 is 19.4 Å². The van der Waals surface area contributed by atoms with E-state index in [-0.39, 0.29) is 12.5 Å². The van der Waals surface area contributed by atoms with Crippen LogP contribution in [0.3, 0.4) is 0 Å². The molecule has 114 valence electrons. The van der Waals surface area contributed by atoms with Crippen LogP contribution in [0.1, 0.15) is 31.7 Å². The highest BCUT2D eigenvalue weighted by molar-refractivity contribution is 5.84. The zero-order chi connectivity index (χ0) is 15.3. The van der Waals surface area contributed by atoms with Crippen LogP contribution in [0.4, 0.5) is 0 Å². The first-order valence-corrected chi connectivity index (χ1v) is 7.22. The number of aliphatic carboxylic acids is 1. The van der Waals surface area contributed by atoms with E-state index in [0.29, 0.717) is 18.6 Å². The molecule has 1 saturated heterocycles. The van der Waals surface area contributed by atoms with Gasteiger partial charge in [0.05, 0.1) is 0 Å². The number of ether oxygens (including phenoxy) is 1. The standard InChI is InChI=1S/C16H21NO4/c1-16(15(19)20,12-7-3-2-4-8-12)11-17-14(18)13-9-5-6-10-21-13/h2-4,7-8,13H,5-6,9-11H2,1H3,(H,17,18)(H,19,20). The fraction of sp³-hybridized carbons (Fsp3) is 0.500. The molecule has 1 aromatic rings. The predicted octanol–water partition coefficient (Wildman–Crippen LogP) is 1.71. The molecule has 2 N–H and O–H groups in total. The minimum absolute atomic E-state index is 0.0467. The van der Waals surface area contributed by atoms with Crippen LogP contribution in [0.2, 0.25) is 0 Å². The topological polar surface area (TPSA) is 75.6 Å². The molecule has 0 aromatic heterocycles. The number of amides is 1. The largest absolute Gasteiger partial charge is 0.481 e. The highest BCUT2D eigenvalue weighted by Crippen LogP contribution is 2.23. The summed E-state index contributed by atoms with van der Waals surface area (Å²) in [6.45, 7) is 2.25. The third-order valence-corrected chi connectivity index (χ3v) is 3.97. The number of hydrogen-bond donors (Lipinski definition) is 2. The highest BCUT2D eigenvalue weighted by atomic mass is 16.5. The van der Waals surface area contributed by atoms with Crippen molar-refractivity contribution in [1.29, 1.82) is 0 Å². The van der Waals surface area contributed by atoms with Crippen molar-refractivity contribution in [2.24, 2.45) is 0 Å². The molecular formula is C16H21NO4. The number of hydrogen-bond acceptors (Lipinski definition) is 3. The van der Waals surface area contributed by atoms with Gasteiger partial charge in [0.1, 0.15) is 11.5 Å². The molecular weight excluding hydrogens is 270 g/mol. The van der Waals surface area contributed by atoms with Crippen molar-refractivity contribution in [3.05, 3.63) is 35.9 Å². The van der Waals surface area contributed by atoms with Crippen molar-refractivity contribution in [3.63, 3.8) is 0 Å². The van der Waals surface area contributed by atoms with Gasteiger partial charge in [0.15, 0.2) is 0 Å². The Balaban J connectivity index is 2.03. The number of nitrogens with one attached hydrogen (secondary N) is 1. The lowest BCUT2D eigenvalue weighted by atomic mass is 9.82. The number of carbonyl (C=O) groups excluding carboxylic acids is 1. The van der Waals surface area contributed by atoms with Crippen LogP contribution in [0.5, 0.6) is 0 Å². The SMILES string of the molecule is CC(CNC(=O)C1CCCCO1)(C(=O)O)c1ccccc1. The number of carboxylic acid groups (broad SMARTS) is 1. The molecule has 1 aromatic carbocycles. The summed E-state index contributed by atoms with van der Waals surface area (Å²) in [4.78, 5) is 23.7. The summed E-state index contributed by atoms with van der Waals surface area (Å²) in [5, 5.41) is 12.3. The smallest absolute Gasteiger partial charge is 0.315 e. The van der Waals surface area contributed by atoms with E-state index in [1.54, 1.807) is 31.2 Å². The van der Waals surface area contributed by atoms with Crippen molar-refractivity contribution in [1.82, 2.24) is 5.32 Å². The van der Waals surface area contributed by atoms with Crippen molar-refractivity contribution in [3.8, 4) is 0 Å². The van der Waals surface area contributed by atoms with Gasteiger partial charge in [-0.25, -0.2) is 0 Å². The third kappa shape index (κ3) is 3.61. The summed E-state index contributed by atoms with van der Waals surface area (Å²) in [6, 6.07) is 8.94. The summed E-state index contributed by atoms with van der Waals surface area (Å²) < 4.78 is 5.41. The van der Waals surface area contributed by atoms with E-state index in [2.05, 4.69) is 5.32 Å². The second-order valence-electron chi connectivity index (χ2n) is 5.58. The Bertz CT molecular complexity index is 496. The van der Waals surface area contributed by atoms with Gasteiger partial charge < -0.3 is 15.2 Å². The Kier molecular flexibility index (Phi) is 4.96. The number of carbonyl (C=O) groups is 2. The fourth-order valence-corrected chi connectivity index (χ4v) is 2.43. The van der Waals surface area contributed by atoms with Gasteiger partial charge in [-0.1, -0.05) is 30.3 Å². The van der Waals surface area contributed by atoms with Crippen LogP contribution in [0.25, 0.3) is 0 Å². The average molecular weight is 291 g/mol. The van der Waals surface area contributed by atoms with E-state index in [4.69, 9.17) is 4.74 Å². The lowest BCUT2D eigenvalue weighted by molar-refractivity contribution is -0.143. The Morgan fingerprint density at radius 1 is 1.33 bits per heavy atom. The summed E-state index contributed by atoms with van der Waals surface area (Å²) >= 11 is 0. The molecule has 21 heavy (non-hydrogen) atoms. The lowest BCUT2D eigenvalue weighted by Crippen LogP contribution is -2.48. The first kappa shape index (κ1) is 15.5. The van der Waals surface area contributed by atoms with E-state index in [9.17, 15) is 14.7 Å². The molecule has 1 fully saturated rings. The number of rotatable bonds is 5. The number of benzene rings is 1. The van der Waals surface area contributed by atoms with Gasteiger partial charge in [0, 0.05) is 13.2 Å². The van der Waals surface area contributed by atoms with Gasteiger partial charge >= 0.3 is 5.97 Å². The maximum Gasteiger partial charge on any atom is 0.315 e. The molecule has 0 spiro atoms. The molecule has 1 heterocycles. The first-order valence-electron chi connectivity index (χ1n) is 7.22. The fourth-order valence-electron chi connectivity index (χ4n) is 2.43. The maximum atomic E-state index is 12.1. The highest BCUT2D eigenvalue weighted by Gasteiger charge is 2.36.